The molecular weight excluding hydrogens is 312 g/mol. The summed E-state index contributed by atoms with van der Waals surface area (Å²) >= 11 is 0. The molecular formula is C19H22N6. The zero-order valence-electron chi connectivity index (χ0n) is 14.5. The molecule has 0 bridgehead atoms. The molecule has 0 aliphatic heterocycles. The van der Waals surface area contributed by atoms with Crippen molar-refractivity contribution in [2.75, 3.05) is 11.9 Å². The summed E-state index contributed by atoms with van der Waals surface area (Å²) in [6.07, 6.45) is 8.89. The SMILES string of the molecule is Cn1ccc(CCNc2nc3c(c(C#N)c2C#N)CCCCCC3)n1. The standard InChI is InChI=1S/C19H22N6/c1-25-11-9-14(24-25)8-10-22-19-17(13-21)16(12-20)15-6-4-2-3-5-7-18(15)23-19/h9,11H,2-8,10H2,1H3,(H,22,23). The van der Waals surface area contributed by atoms with Gasteiger partial charge >= 0.3 is 0 Å². The first kappa shape index (κ1) is 17.0. The third kappa shape index (κ3) is 3.80. The van der Waals surface area contributed by atoms with E-state index < -0.39 is 0 Å². The molecule has 1 N–H and O–H groups in total. The van der Waals surface area contributed by atoms with Crippen molar-refractivity contribution in [3.05, 3.63) is 40.3 Å². The fourth-order valence-corrected chi connectivity index (χ4v) is 3.36. The highest BCUT2D eigenvalue weighted by atomic mass is 15.2. The van der Waals surface area contributed by atoms with Crippen LogP contribution in [-0.4, -0.2) is 21.3 Å². The van der Waals surface area contributed by atoms with Gasteiger partial charge in [0.05, 0.1) is 11.3 Å². The summed E-state index contributed by atoms with van der Waals surface area (Å²) in [5.74, 6) is 0.536. The molecule has 2 heterocycles. The van der Waals surface area contributed by atoms with Crippen LogP contribution >= 0.6 is 0 Å². The summed E-state index contributed by atoms with van der Waals surface area (Å²) in [5.41, 5.74) is 3.84. The van der Waals surface area contributed by atoms with Gasteiger partial charge in [0.1, 0.15) is 23.5 Å². The van der Waals surface area contributed by atoms with Crippen LogP contribution in [0.1, 0.15) is 53.8 Å². The molecule has 2 aromatic heterocycles. The number of aryl methyl sites for hydroxylation is 2. The van der Waals surface area contributed by atoms with Gasteiger partial charge in [-0.2, -0.15) is 15.6 Å². The normalized spacial score (nSPS) is 13.9. The minimum absolute atomic E-state index is 0.378. The lowest BCUT2D eigenvalue weighted by Gasteiger charge is -2.18. The molecule has 6 heteroatoms. The van der Waals surface area contributed by atoms with Crippen LogP contribution in [0.5, 0.6) is 0 Å². The zero-order chi connectivity index (χ0) is 17.6. The molecule has 0 aromatic carbocycles. The molecule has 0 amide bonds. The number of nitrogens with one attached hydrogen (secondary N) is 1. The number of hydrogen-bond donors (Lipinski definition) is 1. The number of aromatic nitrogens is 3. The van der Waals surface area contributed by atoms with Gasteiger partial charge in [-0.25, -0.2) is 4.98 Å². The lowest BCUT2D eigenvalue weighted by molar-refractivity contribution is 0.608. The summed E-state index contributed by atoms with van der Waals surface area (Å²) in [7, 11) is 1.89. The molecule has 3 rings (SSSR count). The Hall–Kier alpha value is -2.86. The maximum absolute atomic E-state index is 9.63. The smallest absolute Gasteiger partial charge is 0.145 e. The largest absolute Gasteiger partial charge is 0.369 e. The quantitative estimate of drug-likeness (QED) is 0.928. The van der Waals surface area contributed by atoms with Crippen molar-refractivity contribution in [1.82, 2.24) is 14.8 Å². The maximum atomic E-state index is 9.63. The van der Waals surface area contributed by atoms with E-state index in [1.807, 2.05) is 19.3 Å². The van der Waals surface area contributed by atoms with Crippen LogP contribution in [-0.2, 0) is 26.3 Å². The Kier molecular flexibility index (Phi) is 5.30. The number of hydrogen-bond acceptors (Lipinski definition) is 5. The van der Waals surface area contributed by atoms with E-state index in [4.69, 9.17) is 4.98 Å². The number of nitrogens with zero attached hydrogens (tertiary/aromatic N) is 5. The Morgan fingerprint density at radius 1 is 1.12 bits per heavy atom. The summed E-state index contributed by atoms with van der Waals surface area (Å²) in [6.45, 7) is 0.627. The summed E-state index contributed by atoms with van der Waals surface area (Å²) in [4.78, 5) is 4.72. The molecule has 0 atom stereocenters. The molecule has 1 aliphatic rings. The van der Waals surface area contributed by atoms with Crippen molar-refractivity contribution in [1.29, 1.82) is 10.5 Å². The van der Waals surface area contributed by atoms with Gasteiger partial charge in [0.25, 0.3) is 0 Å². The van der Waals surface area contributed by atoms with E-state index in [-0.39, 0.29) is 0 Å². The maximum Gasteiger partial charge on any atom is 0.145 e. The molecule has 0 unspecified atom stereocenters. The molecule has 0 saturated heterocycles. The summed E-state index contributed by atoms with van der Waals surface area (Å²) in [6, 6.07) is 6.42. The Balaban J connectivity index is 1.86. The first-order valence-corrected chi connectivity index (χ1v) is 8.81. The van der Waals surface area contributed by atoms with E-state index in [9.17, 15) is 10.5 Å². The Bertz CT molecular complexity index is 837. The number of anilines is 1. The molecule has 0 fully saturated rings. The minimum atomic E-state index is 0.378. The van der Waals surface area contributed by atoms with E-state index in [2.05, 4.69) is 22.6 Å². The topological polar surface area (TPSA) is 90.3 Å². The highest BCUT2D eigenvalue weighted by molar-refractivity contribution is 5.63. The van der Waals surface area contributed by atoms with E-state index in [1.54, 1.807) is 4.68 Å². The highest BCUT2D eigenvalue weighted by Crippen LogP contribution is 2.28. The molecule has 128 valence electrons. The van der Waals surface area contributed by atoms with Gasteiger partial charge in [0.15, 0.2) is 0 Å². The van der Waals surface area contributed by atoms with Gasteiger partial charge in [-0.05, 0) is 37.3 Å². The van der Waals surface area contributed by atoms with Gasteiger partial charge in [0.2, 0.25) is 0 Å². The van der Waals surface area contributed by atoms with Crippen LogP contribution in [0.2, 0.25) is 0 Å². The minimum Gasteiger partial charge on any atom is -0.369 e. The first-order chi connectivity index (χ1) is 12.2. The molecule has 25 heavy (non-hydrogen) atoms. The third-order valence-electron chi connectivity index (χ3n) is 4.64. The second-order valence-electron chi connectivity index (χ2n) is 6.43. The molecule has 0 saturated carbocycles. The number of pyridine rings is 1. The highest BCUT2D eigenvalue weighted by Gasteiger charge is 2.20. The van der Waals surface area contributed by atoms with E-state index >= 15 is 0 Å². The molecule has 2 aromatic rings. The van der Waals surface area contributed by atoms with Crippen LogP contribution < -0.4 is 5.32 Å². The fraction of sp³-hybridized carbons (Fsp3) is 0.474. The second-order valence-corrected chi connectivity index (χ2v) is 6.43. The third-order valence-corrected chi connectivity index (χ3v) is 4.64. The van der Waals surface area contributed by atoms with Gasteiger partial charge in [-0.15, -0.1) is 0 Å². The van der Waals surface area contributed by atoms with Crippen LogP contribution in [0.3, 0.4) is 0 Å². The number of nitriles is 2. The van der Waals surface area contributed by atoms with Crippen LogP contribution in [0.25, 0.3) is 0 Å². The van der Waals surface area contributed by atoms with Crippen LogP contribution in [0, 0.1) is 22.7 Å². The summed E-state index contributed by atoms with van der Waals surface area (Å²) in [5, 5.41) is 26.8. The lowest BCUT2D eigenvalue weighted by atomic mass is 9.91. The van der Waals surface area contributed by atoms with Crippen molar-refractivity contribution in [2.24, 2.45) is 7.05 Å². The van der Waals surface area contributed by atoms with E-state index in [0.717, 1.165) is 49.1 Å². The van der Waals surface area contributed by atoms with Gasteiger partial charge in [0, 0.05) is 31.9 Å². The van der Waals surface area contributed by atoms with Crippen LogP contribution in [0.15, 0.2) is 12.3 Å². The van der Waals surface area contributed by atoms with Crippen molar-refractivity contribution < 1.29 is 0 Å². The fourth-order valence-electron chi connectivity index (χ4n) is 3.36. The summed E-state index contributed by atoms with van der Waals surface area (Å²) < 4.78 is 1.77. The lowest BCUT2D eigenvalue weighted by Crippen LogP contribution is -2.14. The molecule has 6 nitrogen and oxygen atoms in total. The Morgan fingerprint density at radius 3 is 2.56 bits per heavy atom. The van der Waals surface area contributed by atoms with Crippen molar-refractivity contribution in [3.63, 3.8) is 0 Å². The van der Waals surface area contributed by atoms with Gasteiger partial charge in [-0.3, -0.25) is 4.68 Å². The Labute approximate surface area is 148 Å². The van der Waals surface area contributed by atoms with Crippen LogP contribution in [0.4, 0.5) is 5.82 Å². The van der Waals surface area contributed by atoms with Crippen molar-refractivity contribution in [2.45, 2.75) is 44.9 Å². The van der Waals surface area contributed by atoms with E-state index in [1.165, 1.54) is 12.8 Å². The van der Waals surface area contributed by atoms with Gasteiger partial charge < -0.3 is 5.32 Å². The monoisotopic (exact) mass is 334 g/mol. The predicted octanol–water partition coefficient (Wildman–Crippen LogP) is 2.87. The predicted molar refractivity (Wildman–Crippen MR) is 94.9 cm³/mol. The number of fused-ring (bicyclic) bond motifs is 1. The zero-order valence-corrected chi connectivity index (χ0v) is 14.5. The van der Waals surface area contributed by atoms with Gasteiger partial charge in [-0.1, -0.05) is 12.8 Å². The second kappa shape index (κ2) is 7.81. The van der Waals surface area contributed by atoms with Crippen molar-refractivity contribution in [3.8, 4) is 12.1 Å². The number of rotatable bonds is 4. The van der Waals surface area contributed by atoms with Crippen molar-refractivity contribution >= 4 is 5.82 Å². The Morgan fingerprint density at radius 2 is 1.88 bits per heavy atom. The molecule has 1 aliphatic carbocycles. The average Bonchev–Trinajstić information content (AvgIpc) is 3.00. The molecule has 0 spiro atoms. The first-order valence-electron chi connectivity index (χ1n) is 8.81. The van der Waals surface area contributed by atoms with E-state index in [0.29, 0.717) is 23.5 Å². The average molecular weight is 334 g/mol. The molecule has 0 radical (unpaired) electrons.